The van der Waals surface area contributed by atoms with E-state index in [9.17, 15) is 0 Å². The van der Waals surface area contributed by atoms with Gasteiger partial charge in [-0.15, -0.1) is 0 Å². The van der Waals surface area contributed by atoms with Crippen LogP contribution in [0.3, 0.4) is 0 Å². The van der Waals surface area contributed by atoms with Gasteiger partial charge in [-0.05, 0) is 63.6 Å². The van der Waals surface area contributed by atoms with Gasteiger partial charge in [0.1, 0.15) is 0 Å². The fourth-order valence-electron chi connectivity index (χ4n) is 8.45. The van der Waals surface area contributed by atoms with E-state index in [0.29, 0.717) is 23.0 Å². The molecule has 0 bridgehead atoms. The maximum absolute atomic E-state index is 4.94. The Labute approximate surface area is 332 Å². The fourth-order valence-corrected chi connectivity index (χ4v) is 8.45. The van der Waals surface area contributed by atoms with Crippen LogP contribution in [0.4, 0.5) is 0 Å². The number of nitrogens with zero attached hydrogens (tertiary/aromatic N) is 3. The standard InChI is InChI=1S/C53H38N4/c1-35(50-55-51(38-20-8-4-9-21-38)57-52(56-50)39-22-10-5-11-23-39)33-40(37-18-6-3-7-19-37)30-29-36-17-16-24-41(34-36)53(2)46-27-14-12-25-42(46)44-31-32-45-43-26-13-15-28-47(43)54-49(45)48(44)53/h3-34,54H,1H2,2H3/b30-29+,40-33+. The Kier molecular flexibility index (Phi) is 8.38. The minimum atomic E-state index is -0.381. The molecule has 1 N–H and O–H groups in total. The average Bonchev–Trinajstić information content (AvgIpc) is 3.79. The normalized spacial score (nSPS) is 14.9. The van der Waals surface area contributed by atoms with Crippen molar-refractivity contribution in [2.45, 2.75) is 12.3 Å². The quantitative estimate of drug-likeness (QED) is 0.158. The molecule has 9 aromatic rings. The van der Waals surface area contributed by atoms with Gasteiger partial charge in [0, 0.05) is 38.4 Å². The van der Waals surface area contributed by atoms with Gasteiger partial charge in [0.15, 0.2) is 17.5 Å². The zero-order chi connectivity index (χ0) is 38.3. The zero-order valence-electron chi connectivity index (χ0n) is 31.5. The summed E-state index contributed by atoms with van der Waals surface area (Å²) in [5.74, 6) is 1.74. The van der Waals surface area contributed by atoms with Crippen molar-refractivity contribution in [2.24, 2.45) is 0 Å². The summed E-state index contributed by atoms with van der Waals surface area (Å²) in [6, 6.07) is 61.5. The van der Waals surface area contributed by atoms with E-state index >= 15 is 0 Å². The summed E-state index contributed by atoms with van der Waals surface area (Å²) >= 11 is 0. The Morgan fingerprint density at radius 1 is 0.596 bits per heavy atom. The van der Waals surface area contributed by atoms with Crippen molar-refractivity contribution in [3.8, 4) is 33.9 Å². The lowest BCUT2D eigenvalue weighted by atomic mass is 9.73. The predicted octanol–water partition coefficient (Wildman–Crippen LogP) is 13.0. The van der Waals surface area contributed by atoms with Crippen molar-refractivity contribution < 1.29 is 0 Å². The lowest BCUT2D eigenvalue weighted by Crippen LogP contribution is -2.23. The van der Waals surface area contributed by atoms with Gasteiger partial charge >= 0.3 is 0 Å². The summed E-state index contributed by atoms with van der Waals surface area (Å²) < 4.78 is 0. The maximum Gasteiger partial charge on any atom is 0.164 e. The third-order valence-electron chi connectivity index (χ3n) is 11.3. The van der Waals surface area contributed by atoms with Crippen LogP contribution in [-0.2, 0) is 5.41 Å². The molecular weight excluding hydrogens is 693 g/mol. The van der Waals surface area contributed by atoms with Gasteiger partial charge in [-0.3, -0.25) is 0 Å². The molecule has 2 heterocycles. The Balaban J connectivity index is 1.06. The largest absolute Gasteiger partial charge is 0.354 e. The van der Waals surface area contributed by atoms with Crippen molar-refractivity contribution in [3.05, 3.63) is 228 Å². The van der Waals surface area contributed by atoms with E-state index in [1.54, 1.807) is 0 Å². The first-order chi connectivity index (χ1) is 28.0. The SMILES string of the molecule is C=C(/C=C(\C=C\c1cccc(C2(C)c3ccccc3-c3ccc4c([nH]c5ccccc54)c32)c1)c1ccccc1)c1nc(-c2ccccc2)nc(-c2ccccc2)n1. The van der Waals surface area contributed by atoms with E-state index in [4.69, 9.17) is 15.0 Å². The topological polar surface area (TPSA) is 54.5 Å². The molecular formula is C53H38N4. The van der Waals surface area contributed by atoms with Crippen molar-refractivity contribution in [3.63, 3.8) is 0 Å². The summed E-state index contributed by atoms with van der Waals surface area (Å²) in [5, 5.41) is 2.50. The monoisotopic (exact) mass is 730 g/mol. The first-order valence-electron chi connectivity index (χ1n) is 19.3. The highest BCUT2D eigenvalue weighted by Gasteiger charge is 2.42. The van der Waals surface area contributed by atoms with Crippen LogP contribution >= 0.6 is 0 Å². The van der Waals surface area contributed by atoms with E-state index in [-0.39, 0.29) is 5.41 Å². The van der Waals surface area contributed by atoms with Crippen molar-refractivity contribution in [2.75, 3.05) is 0 Å². The van der Waals surface area contributed by atoms with Crippen LogP contribution in [-0.4, -0.2) is 19.9 Å². The number of para-hydroxylation sites is 1. The van der Waals surface area contributed by atoms with Gasteiger partial charge in [-0.25, -0.2) is 15.0 Å². The number of benzene rings is 7. The first-order valence-corrected chi connectivity index (χ1v) is 19.3. The Bertz CT molecular complexity index is 2970. The number of nitrogens with one attached hydrogen (secondary N) is 1. The highest BCUT2D eigenvalue weighted by atomic mass is 15.0. The van der Waals surface area contributed by atoms with Gasteiger partial charge in [-0.2, -0.15) is 0 Å². The summed E-state index contributed by atoms with van der Waals surface area (Å²) in [6.45, 7) is 6.89. The molecule has 10 rings (SSSR count). The fraction of sp³-hybridized carbons (Fsp3) is 0.0377. The number of rotatable bonds is 8. The van der Waals surface area contributed by atoms with E-state index in [2.05, 4.69) is 146 Å². The van der Waals surface area contributed by atoms with Crippen molar-refractivity contribution >= 4 is 39.0 Å². The average molecular weight is 731 g/mol. The molecule has 0 spiro atoms. The summed E-state index contributed by atoms with van der Waals surface area (Å²) in [4.78, 5) is 18.6. The molecule has 2 aromatic heterocycles. The van der Waals surface area contributed by atoms with Crippen LogP contribution in [0.25, 0.3) is 72.9 Å². The number of allylic oxidation sites excluding steroid dienone is 4. The summed E-state index contributed by atoms with van der Waals surface area (Å²) in [5.41, 5.74) is 14.1. The Morgan fingerprint density at radius 2 is 1.25 bits per heavy atom. The molecule has 1 aliphatic carbocycles. The highest BCUT2D eigenvalue weighted by Crippen LogP contribution is 2.55. The van der Waals surface area contributed by atoms with Gasteiger partial charge < -0.3 is 4.98 Å². The van der Waals surface area contributed by atoms with E-state index in [1.807, 2.05) is 66.7 Å². The summed E-state index contributed by atoms with van der Waals surface area (Å²) in [7, 11) is 0. The number of fused-ring (bicyclic) bond motifs is 7. The number of hydrogen-bond donors (Lipinski definition) is 1. The molecule has 0 amide bonds. The number of aromatic nitrogens is 4. The van der Waals surface area contributed by atoms with E-state index < -0.39 is 0 Å². The molecule has 0 aliphatic heterocycles. The lowest BCUT2D eigenvalue weighted by Gasteiger charge is -2.29. The lowest BCUT2D eigenvalue weighted by molar-refractivity contribution is 0.718. The molecule has 0 saturated heterocycles. The Hall–Kier alpha value is -7.43. The van der Waals surface area contributed by atoms with Gasteiger partial charge in [0.2, 0.25) is 0 Å². The molecule has 1 atom stereocenters. The molecule has 4 heteroatoms. The van der Waals surface area contributed by atoms with Gasteiger partial charge in [-0.1, -0.05) is 189 Å². The zero-order valence-corrected chi connectivity index (χ0v) is 31.5. The Morgan fingerprint density at radius 3 is 1.98 bits per heavy atom. The molecule has 270 valence electrons. The third-order valence-corrected chi connectivity index (χ3v) is 11.3. The molecule has 57 heavy (non-hydrogen) atoms. The molecule has 0 fully saturated rings. The van der Waals surface area contributed by atoms with Crippen LogP contribution in [0.1, 0.15) is 40.6 Å². The van der Waals surface area contributed by atoms with Crippen molar-refractivity contribution in [1.29, 1.82) is 0 Å². The molecule has 1 aliphatic rings. The van der Waals surface area contributed by atoms with Gasteiger partial charge in [0.25, 0.3) is 0 Å². The smallest absolute Gasteiger partial charge is 0.164 e. The molecule has 1 unspecified atom stereocenters. The number of H-pyrrole nitrogens is 1. The third kappa shape index (κ3) is 5.99. The number of hydrogen-bond acceptors (Lipinski definition) is 3. The van der Waals surface area contributed by atoms with Gasteiger partial charge in [0.05, 0.1) is 5.52 Å². The number of aromatic amines is 1. The summed E-state index contributed by atoms with van der Waals surface area (Å²) in [6.07, 6.45) is 6.44. The van der Waals surface area contributed by atoms with Crippen LogP contribution in [0.2, 0.25) is 0 Å². The van der Waals surface area contributed by atoms with Crippen LogP contribution in [0.5, 0.6) is 0 Å². The second-order valence-electron chi connectivity index (χ2n) is 14.7. The van der Waals surface area contributed by atoms with Crippen LogP contribution in [0, 0.1) is 0 Å². The second kappa shape index (κ2) is 14.0. The second-order valence-corrected chi connectivity index (χ2v) is 14.7. The van der Waals surface area contributed by atoms with Crippen LogP contribution in [0.15, 0.2) is 195 Å². The van der Waals surface area contributed by atoms with E-state index in [0.717, 1.165) is 33.3 Å². The first kappa shape index (κ1) is 34.1. The van der Waals surface area contributed by atoms with Crippen molar-refractivity contribution in [1.82, 2.24) is 19.9 Å². The van der Waals surface area contributed by atoms with Crippen LogP contribution < -0.4 is 0 Å². The molecule has 4 nitrogen and oxygen atoms in total. The minimum Gasteiger partial charge on any atom is -0.354 e. The molecule has 0 saturated carbocycles. The molecule has 0 radical (unpaired) electrons. The highest BCUT2D eigenvalue weighted by molar-refractivity contribution is 6.11. The van der Waals surface area contributed by atoms with E-state index in [1.165, 1.54) is 44.1 Å². The predicted molar refractivity (Wildman–Crippen MR) is 236 cm³/mol. The maximum atomic E-state index is 4.94. The minimum absolute atomic E-state index is 0.381. The molecule has 7 aromatic carbocycles.